The highest BCUT2D eigenvalue weighted by Crippen LogP contribution is 2.33. The van der Waals surface area contributed by atoms with Gasteiger partial charge in [-0.25, -0.2) is 0 Å². The molecule has 13 heavy (non-hydrogen) atoms. The molecule has 2 unspecified atom stereocenters. The van der Waals surface area contributed by atoms with E-state index in [1.54, 1.807) is 0 Å². The highest BCUT2D eigenvalue weighted by atomic mass is 14.4. The Labute approximate surface area is 78.7 Å². The number of nitrogens with one attached hydrogen (secondary N) is 1. The van der Waals surface area contributed by atoms with Crippen molar-refractivity contribution in [2.24, 2.45) is 11.8 Å². The van der Waals surface area contributed by atoms with E-state index in [0.717, 1.165) is 5.57 Å². The van der Waals surface area contributed by atoms with Gasteiger partial charge in [0.05, 0.1) is 0 Å². The van der Waals surface area contributed by atoms with Crippen LogP contribution in [0.25, 0.3) is 0 Å². The minimum absolute atomic E-state index is 0.443. The second-order valence-electron chi connectivity index (χ2n) is 3.54. The molecule has 1 nitrogen and oxygen atoms in total. The highest BCUT2D eigenvalue weighted by Gasteiger charge is 2.23. The van der Waals surface area contributed by atoms with E-state index in [1.165, 1.54) is 11.8 Å². The molecule has 0 spiro atoms. The summed E-state index contributed by atoms with van der Waals surface area (Å²) in [7, 11) is 0. The van der Waals surface area contributed by atoms with Crippen LogP contribution in [0.4, 0.5) is 0 Å². The third-order valence-corrected chi connectivity index (χ3v) is 2.80. The van der Waals surface area contributed by atoms with Crippen LogP contribution in [0.1, 0.15) is 6.92 Å². The molecule has 0 aliphatic heterocycles. The minimum atomic E-state index is 0.443. The zero-order chi connectivity index (χ0) is 9.26. The van der Waals surface area contributed by atoms with Crippen LogP contribution in [0.3, 0.4) is 0 Å². The zero-order valence-electron chi connectivity index (χ0n) is 7.70. The fraction of sp³-hybridized carbons (Fsp3) is 0.250. The van der Waals surface area contributed by atoms with E-state index in [2.05, 4.69) is 37.3 Å². The summed E-state index contributed by atoms with van der Waals surface area (Å²) in [6.07, 6.45) is 14.2. The van der Waals surface area contributed by atoms with Crippen molar-refractivity contribution in [1.82, 2.24) is 0 Å². The smallest absolute Gasteiger partial charge is 0.0212 e. The molecule has 0 heterocycles. The van der Waals surface area contributed by atoms with E-state index >= 15 is 0 Å². The minimum Gasteiger partial charge on any atom is -0.308 e. The van der Waals surface area contributed by atoms with Crippen molar-refractivity contribution in [3.05, 3.63) is 47.6 Å². The lowest BCUT2D eigenvalue weighted by molar-refractivity contribution is 0.569. The SMILES string of the molecule is CC1C(C=N)=CC=C2C=CC=CC21. The standard InChI is InChI=1S/C12H13N/c1-9-11(8-13)7-6-10-4-2-3-5-12(9)10/h2-9,12-13H,1H3. The number of rotatable bonds is 1. The second-order valence-corrected chi connectivity index (χ2v) is 3.54. The van der Waals surface area contributed by atoms with E-state index < -0.39 is 0 Å². The Morgan fingerprint density at radius 1 is 1.31 bits per heavy atom. The first-order valence-electron chi connectivity index (χ1n) is 4.60. The van der Waals surface area contributed by atoms with Gasteiger partial charge in [-0.05, 0) is 17.1 Å². The van der Waals surface area contributed by atoms with E-state index in [-0.39, 0.29) is 0 Å². The van der Waals surface area contributed by atoms with E-state index in [1.807, 2.05) is 6.08 Å². The van der Waals surface area contributed by atoms with Gasteiger partial charge in [-0.1, -0.05) is 43.4 Å². The molecule has 1 heteroatoms. The molecule has 0 aromatic carbocycles. The van der Waals surface area contributed by atoms with Gasteiger partial charge >= 0.3 is 0 Å². The zero-order valence-corrected chi connectivity index (χ0v) is 7.70. The van der Waals surface area contributed by atoms with Crippen LogP contribution in [0.2, 0.25) is 0 Å². The maximum atomic E-state index is 7.27. The Morgan fingerprint density at radius 2 is 2.15 bits per heavy atom. The molecule has 2 rings (SSSR count). The Morgan fingerprint density at radius 3 is 2.92 bits per heavy atom. The summed E-state index contributed by atoms with van der Waals surface area (Å²) in [5.41, 5.74) is 2.48. The largest absolute Gasteiger partial charge is 0.308 e. The summed E-state index contributed by atoms with van der Waals surface area (Å²) in [5, 5.41) is 7.27. The van der Waals surface area contributed by atoms with Gasteiger partial charge < -0.3 is 5.41 Å². The number of hydrogen-bond acceptors (Lipinski definition) is 1. The van der Waals surface area contributed by atoms with Crippen LogP contribution in [0.15, 0.2) is 47.6 Å². The molecule has 0 saturated carbocycles. The van der Waals surface area contributed by atoms with Crippen LogP contribution < -0.4 is 0 Å². The molecular weight excluding hydrogens is 158 g/mol. The summed E-state index contributed by atoms with van der Waals surface area (Å²) in [6, 6.07) is 0. The van der Waals surface area contributed by atoms with Crippen LogP contribution >= 0.6 is 0 Å². The van der Waals surface area contributed by atoms with Crippen LogP contribution in [0.5, 0.6) is 0 Å². The van der Waals surface area contributed by atoms with Crippen LogP contribution in [-0.4, -0.2) is 6.21 Å². The number of fused-ring (bicyclic) bond motifs is 1. The first kappa shape index (κ1) is 8.24. The highest BCUT2D eigenvalue weighted by molar-refractivity contribution is 5.78. The summed E-state index contributed by atoms with van der Waals surface area (Å²) in [5.74, 6) is 0.922. The van der Waals surface area contributed by atoms with Gasteiger partial charge in [-0.2, -0.15) is 0 Å². The Bertz CT molecular complexity index is 342. The average molecular weight is 171 g/mol. The van der Waals surface area contributed by atoms with Gasteiger partial charge in [0.1, 0.15) is 0 Å². The van der Waals surface area contributed by atoms with Crippen molar-refractivity contribution in [2.75, 3.05) is 0 Å². The summed E-state index contributed by atoms with van der Waals surface area (Å²) in [4.78, 5) is 0. The van der Waals surface area contributed by atoms with Gasteiger partial charge in [0.2, 0.25) is 0 Å². The predicted molar refractivity (Wildman–Crippen MR) is 55.9 cm³/mol. The number of hydrogen-bond donors (Lipinski definition) is 1. The van der Waals surface area contributed by atoms with Crippen molar-refractivity contribution in [1.29, 1.82) is 5.41 Å². The third-order valence-electron chi connectivity index (χ3n) is 2.80. The first-order valence-corrected chi connectivity index (χ1v) is 4.60. The van der Waals surface area contributed by atoms with Crippen molar-refractivity contribution >= 4 is 6.21 Å². The molecule has 0 aromatic rings. The Balaban J connectivity index is 2.39. The van der Waals surface area contributed by atoms with Crippen molar-refractivity contribution in [3.8, 4) is 0 Å². The van der Waals surface area contributed by atoms with Gasteiger partial charge in [0.15, 0.2) is 0 Å². The summed E-state index contributed by atoms with van der Waals surface area (Å²) < 4.78 is 0. The summed E-state index contributed by atoms with van der Waals surface area (Å²) in [6.45, 7) is 2.18. The molecule has 0 bridgehead atoms. The molecule has 2 atom stereocenters. The molecule has 1 N–H and O–H groups in total. The molecule has 2 aliphatic carbocycles. The maximum absolute atomic E-state index is 7.27. The van der Waals surface area contributed by atoms with Crippen molar-refractivity contribution in [2.45, 2.75) is 6.92 Å². The lowest BCUT2D eigenvalue weighted by Gasteiger charge is -2.27. The monoisotopic (exact) mass is 171 g/mol. The first-order chi connectivity index (χ1) is 6.33. The van der Waals surface area contributed by atoms with Gasteiger partial charge in [-0.15, -0.1) is 0 Å². The van der Waals surface area contributed by atoms with Crippen LogP contribution in [0, 0.1) is 17.2 Å². The summed E-state index contributed by atoms with van der Waals surface area (Å²) >= 11 is 0. The van der Waals surface area contributed by atoms with Gasteiger partial charge in [0.25, 0.3) is 0 Å². The molecule has 0 amide bonds. The maximum Gasteiger partial charge on any atom is 0.0212 e. The molecule has 66 valence electrons. The van der Waals surface area contributed by atoms with Crippen molar-refractivity contribution in [3.63, 3.8) is 0 Å². The van der Waals surface area contributed by atoms with Gasteiger partial charge in [-0.3, -0.25) is 0 Å². The molecule has 0 radical (unpaired) electrons. The predicted octanol–water partition coefficient (Wildman–Crippen LogP) is 2.88. The second kappa shape index (κ2) is 3.17. The molecule has 0 saturated heterocycles. The topological polar surface area (TPSA) is 23.9 Å². The van der Waals surface area contributed by atoms with E-state index in [4.69, 9.17) is 5.41 Å². The molecule has 0 fully saturated rings. The Hall–Kier alpha value is -1.37. The fourth-order valence-electron chi connectivity index (χ4n) is 1.93. The van der Waals surface area contributed by atoms with Crippen molar-refractivity contribution < 1.29 is 0 Å². The normalized spacial score (nSPS) is 30.5. The quantitative estimate of drug-likeness (QED) is 0.586. The third kappa shape index (κ3) is 1.31. The fourth-order valence-corrected chi connectivity index (χ4v) is 1.93. The average Bonchev–Trinajstić information content (AvgIpc) is 2.19. The number of allylic oxidation sites excluding steroid dienone is 8. The molecule has 0 aromatic heterocycles. The lowest BCUT2D eigenvalue weighted by atomic mass is 9.77. The van der Waals surface area contributed by atoms with Crippen LogP contribution in [-0.2, 0) is 0 Å². The lowest BCUT2D eigenvalue weighted by Crippen LogP contribution is -2.18. The van der Waals surface area contributed by atoms with Gasteiger partial charge in [0, 0.05) is 12.1 Å². The Kier molecular flexibility index (Phi) is 2.01. The van der Waals surface area contributed by atoms with E-state index in [0.29, 0.717) is 11.8 Å². The molecule has 2 aliphatic rings. The van der Waals surface area contributed by atoms with E-state index in [9.17, 15) is 0 Å². The molecular formula is C12H13N.